The van der Waals surface area contributed by atoms with Gasteiger partial charge in [-0.1, -0.05) is 24.3 Å². The van der Waals surface area contributed by atoms with E-state index >= 15 is 0 Å². The molecule has 0 aromatic heterocycles. The number of hydrogen-bond donors (Lipinski definition) is 0. The standard InChI is InChI=1S/C24H32N4O7.2ClH.H2O/c29-27(30)23-5-1-21(2-6-23)19-25-9-13-33-14-10-26(12-16-35-18-17-34-15-11-25)20-22-3-7-24(8-4-22)28(31)32;;;/h1-8H,9-20H2;2*1H;1H2. The van der Waals surface area contributed by atoms with Crippen LogP contribution in [-0.4, -0.2) is 90.9 Å². The smallest absolute Gasteiger partial charge is 0.269 e. The van der Waals surface area contributed by atoms with Crippen molar-refractivity contribution in [3.63, 3.8) is 0 Å². The van der Waals surface area contributed by atoms with Crippen LogP contribution in [0.2, 0.25) is 0 Å². The van der Waals surface area contributed by atoms with Crippen molar-refractivity contribution in [3.05, 3.63) is 79.9 Å². The lowest BCUT2D eigenvalue weighted by molar-refractivity contribution is -0.385. The molecule has 0 saturated carbocycles. The van der Waals surface area contributed by atoms with Gasteiger partial charge < -0.3 is 19.7 Å². The van der Waals surface area contributed by atoms with Gasteiger partial charge in [-0.05, 0) is 11.1 Å². The van der Waals surface area contributed by atoms with Crippen LogP contribution in [0, 0.1) is 20.2 Å². The summed E-state index contributed by atoms with van der Waals surface area (Å²) in [6.45, 7) is 7.36. The zero-order valence-corrected chi connectivity index (χ0v) is 22.7. The molecule has 0 radical (unpaired) electrons. The van der Waals surface area contributed by atoms with Gasteiger partial charge in [0.2, 0.25) is 0 Å². The number of nitro benzene ring substituents is 2. The third-order valence-electron chi connectivity index (χ3n) is 5.69. The van der Waals surface area contributed by atoms with Crippen molar-refractivity contribution in [2.75, 3.05) is 65.8 Å². The molecule has 14 heteroatoms. The highest BCUT2D eigenvalue weighted by Gasteiger charge is 2.12. The molecule has 0 bridgehead atoms. The first-order valence-corrected chi connectivity index (χ1v) is 11.7. The van der Waals surface area contributed by atoms with Crippen LogP contribution < -0.4 is 0 Å². The molecule has 38 heavy (non-hydrogen) atoms. The van der Waals surface area contributed by atoms with E-state index in [1.165, 1.54) is 24.3 Å². The van der Waals surface area contributed by atoms with Gasteiger partial charge in [0.05, 0.1) is 49.5 Å². The summed E-state index contributed by atoms with van der Waals surface area (Å²) >= 11 is 0. The van der Waals surface area contributed by atoms with Crippen LogP contribution in [0.25, 0.3) is 0 Å². The molecule has 1 fully saturated rings. The molecule has 0 amide bonds. The van der Waals surface area contributed by atoms with E-state index in [2.05, 4.69) is 9.80 Å². The average molecular weight is 579 g/mol. The van der Waals surface area contributed by atoms with Crippen molar-refractivity contribution in [2.24, 2.45) is 0 Å². The van der Waals surface area contributed by atoms with E-state index < -0.39 is 9.85 Å². The molecular formula is C24H36Cl2N4O8. The topological polar surface area (TPSA) is 152 Å². The fourth-order valence-corrected chi connectivity index (χ4v) is 3.70. The summed E-state index contributed by atoms with van der Waals surface area (Å²) in [6.07, 6.45) is 0. The average Bonchev–Trinajstić information content (AvgIpc) is 2.86. The largest absolute Gasteiger partial charge is 0.412 e. The summed E-state index contributed by atoms with van der Waals surface area (Å²) < 4.78 is 17.3. The number of rotatable bonds is 6. The van der Waals surface area contributed by atoms with E-state index in [9.17, 15) is 20.2 Å². The maximum Gasteiger partial charge on any atom is 0.269 e. The molecule has 3 rings (SSSR count). The third kappa shape index (κ3) is 12.9. The van der Waals surface area contributed by atoms with Crippen molar-refractivity contribution in [1.82, 2.24) is 9.80 Å². The second kappa shape index (κ2) is 19.6. The van der Waals surface area contributed by atoms with Gasteiger partial charge in [-0.15, -0.1) is 24.8 Å². The Kier molecular flexibility index (Phi) is 18.4. The summed E-state index contributed by atoms with van der Waals surface area (Å²) in [6, 6.07) is 13.2. The number of non-ortho nitro benzene ring substituents is 2. The minimum absolute atomic E-state index is 0. The number of halogens is 2. The van der Waals surface area contributed by atoms with Crippen molar-refractivity contribution in [2.45, 2.75) is 13.1 Å². The first kappa shape index (κ1) is 35.6. The Morgan fingerprint density at radius 3 is 1.16 bits per heavy atom. The van der Waals surface area contributed by atoms with Gasteiger partial charge in [0, 0.05) is 63.5 Å². The van der Waals surface area contributed by atoms with Crippen molar-refractivity contribution >= 4 is 36.2 Å². The van der Waals surface area contributed by atoms with E-state index in [-0.39, 0.29) is 41.7 Å². The molecule has 1 saturated heterocycles. The Morgan fingerprint density at radius 2 is 0.868 bits per heavy atom. The van der Waals surface area contributed by atoms with Crippen LogP contribution in [0.3, 0.4) is 0 Å². The summed E-state index contributed by atoms with van der Waals surface area (Å²) in [7, 11) is 0. The van der Waals surface area contributed by atoms with Gasteiger partial charge in [-0.3, -0.25) is 30.0 Å². The minimum Gasteiger partial charge on any atom is -0.412 e. The molecule has 214 valence electrons. The first-order chi connectivity index (χ1) is 17.0. The highest BCUT2D eigenvalue weighted by atomic mass is 35.5. The van der Waals surface area contributed by atoms with Crippen molar-refractivity contribution in [1.29, 1.82) is 0 Å². The molecule has 2 N–H and O–H groups in total. The zero-order valence-electron chi connectivity index (χ0n) is 21.1. The monoisotopic (exact) mass is 578 g/mol. The first-order valence-electron chi connectivity index (χ1n) is 11.7. The SMILES string of the molecule is Cl.Cl.O.O=[N+]([O-])c1ccc(CN2CCOCCOCCN(Cc3ccc([N+](=O)[O-])cc3)CCOCC2)cc1. The number of ether oxygens (including phenoxy) is 3. The number of hydrogen-bond acceptors (Lipinski definition) is 9. The Balaban J connectivity index is 0.00000456. The van der Waals surface area contributed by atoms with Gasteiger partial charge in [-0.2, -0.15) is 0 Å². The minimum atomic E-state index is -0.400. The predicted molar refractivity (Wildman–Crippen MR) is 147 cm³/mol. The van der Waals surface area contributed by atoms with Gasteiger partial charge in [0.15, 0.2) is 0 Å². The molecule has 0 atom stereocenters. The fourth-order valence-electron chi connectivity index (χ4n) is 3.70. The van der Waals surface area contributed by atoms with E-state index in [4.69, 9.17) is 14.2 Å². The van der Waals surface area contributed by atoms with Gasteiger partial charge >= 0.3 is 0 Å². The molecular weight excluding hydrogens is 543 g/mol. The summed E-state index contributed by atoms with van der Waals surface area (Å²) in [5, 5.41) is 21.8. The molecule has 1 aliphatic rings. The lowest BCUT2D eigenvalue weighted by Gasteiger charge is -2.23. The third-order valence-corrected chi connectivity index (χ3v) is 5.69. The van der Waals surface area contributed by atoms with E-state index in [0.29, 0.717) is 78.9 Å². The molecule has 2 aromatic rings. The Hall–Kier alpha value is -2.42. The van der Waals surface area contributed by atoms with Gasteiger partial charge in [0.1, 0.15) is 0 Å². The Labute approximate surface area is 234 Å². The van der Waals surface area contributed by atoms with Crippen LogP contribution in [-0.2, 0) is 27.3 Å². The maximum absolute atomic E-state index is 10.9. The van der Waals surface area contributed by atoms with Crippen LogP contribution in [0.5, 0.6) is 0 Å². The molecule has 12 nitrogen and oxygen atoms in total. The van der Waals surface area contributed by atoms with Crippen LogP contribution in [0.4, 0.5) is 11.4 Å². The van der Waals surface area contributed by atoms with E-state index in [1.54, 1.807) is 24.3 Å². The summed E-state index contributed by atoms with van der Waals surface area (Å²) in [5.74, 6) is 0. The molecule has 0 spiro atoms. The summed E-state index contributed by atoms with van der Waals surface area (Å²) in [4.78, 5) is 25.4. The Morgan fingerprint density at radius 1 is 0.579 bits per heavy atom. The normalized spacial score (nSPS) is 16.4. The molecule has 1 heterocycles. The number of benzene rings is 2. The van der Waals surface area contributed by atoms with Gasteiger partial charge in [0.25, 0.3) is 11.4 Å². The lowest BCUT2D eigenvalue weighted by Crippen LogP contribution is -2.32. The quantitative estimate of drug-likeness (QED) is 0.372. The Bertz CT molecular complexity index is 863. The van der Waals surface area contributed by atoms with E-state index in [1.807, 2.05) is 0 Å². The van der Waals surface area contributed by atoms with Crippen LogP contribution in [0.15, 0.2) is 48.5 Å². The molecule has 0 aliphatic carbocycles. The zero-order chi connectivity index (χ0) is 24.9. The second-order valence-corrected chi connectivity index (χ2v) is 8.24. The van der Waals surface area contributed by atoms with E-state index in [0.717, 1.165) is 11.1 Å². The number of nitro groups is 2. The summed E-state index contributed by atoms with van der Waals surface area (Å²) in [5.41, 5.74) is 2.14. The lowest BCUT2D eigenvalue weighted by atomic mass is 10.2. The predicted octanol–water partition coefficient (Wildman–Crippen LogP) is 2.89. The maximum atomic E-state index is 10.9. The van der Waals surface area contributed by atoms with Gasteiger partial charge in [-0.25, -0.2) is 0 Å². The van der Waals surface area contributed by atoms with Crippen LogP contribution in [0.1, 0.15) is 11.1 Å². The van der Waals surface area contributed by atoms with Crippen LogP contribution >= 0.6 is 24.8 Å². The molecule has 1 aliphatic heterocycles. The molecule has 2 aromatic carbocycles. The molecule has 0 unspecified atom stereocenters. The van der Waals surface area contributed by atoms with Crippen molar-refractivity contribution < 1.29 is 29.5 Å². The second-order valence-electron chi connectivity index (χ2n) is 8.24. The highest BCUT2D eigenvalue weighted by molar-refractivity contribution is 5.85. The fraction of sp³-hybridized carbons (Fsp3) is 0.500. The van der Waals surface area contributed by atoms with Crippen molar-refractivity contribution in [3.8, 4) is 0 Å². The number of nitrogens with zero attached hydrogens (tertiary/aromatic N) is 4. The highest BCUT2D eigenvalue weighted by Crippen LogP contribution is 2.15.